The van der Waals surface area contributed by atoms with E-state index in [1.807, 2.05) is 0 Å². The number of ether oxygens (including phenoxy) is 1. The molecule has 0 aliphatic carbocycles. The Bertz CT molecular complexity index is 355. The standard InChI is InChI=1S/C11H18IN3O/c1-7(2)10-9(12)11(13)15-8(14-10)5-4-6-16-3/h7H,4-6H2,1-3H3,(H2,13,14,15). The van der Waals surface area contributed by atoms with Crippen LogP contribution in [0.2, 0.25) is 0 Å². The van der Waals surface area contributed by atoms with E-state index < -0.39 is 0 Å². The average molecular weight is 335 g/mol. The minimum atomic E-state index is 0.373. The highest BCUT2D eigenvalue weighted by molar-refractivity contribution is 14.1. The average Bonchev–Trinajstić information content (AvgIpc) is 2.23. The van der Waals surface area contributed by atoms with E-state index in [2.05, 4.69) is 46.4 Å². The van der Waals surface area contributed by atoms with Crippen LogP contribution in [0, 0.1) is 3.57 Å². The van der Waals surface area contributed by atoms with Crippen LogP contribution in [0.5, 0.6) is 0 Å². The van der Waals surface area contributed by atoms with Gasteiger partial charge in [-0.25, -0.2) is 9.97 Å². The van der Waals surface area contributed by atoms with Gasteiger partial charge in [0.1, 0.15) is 11.6 Å². The number of aromatic nitrogens is 2. The minimum absolute atomic E-state index is 0.373. The Morgan fingerprint density at radius 1 is 1.38 bits per heavy atom. The molecule has 2 N–H and O–H groups in total. The third kappa shape index (κ3) is 3.55. The molecule has 0 aliphatic heterocycles. The highest BCUT2D eigenvalue weighted by Crippen LogP contribution is 2.23. The first-order chi connectivity index (χ1) is 7.56. The number of halogens is 1. The van der Waals surface area contributed by atoms with Crippen LogP contribution in [0.15, 0.2) is 0 Å². The Balaban J connectivity index is 2.86. The molecule has 16 heavy (non-hydrogen) atoms. The molecule has 0 saturated heterocycles. The van der Waals surface area contributed by atoms with Gasteiger partial charge >= 0.3 is 0 Å². The molecule has 1 rings (SSSR count). The number of methoxy groups -OCH3 is 1. The number of hydrogen-bond donors (Lipinski definition) is 1. The second kappa shape index (κ2) is 6.34. The van der Waals surface area contributed by atoms with Crippen molar-refractivity contribution in [3.63, 3.8) is 0 Å². The zero-order valence-electron chi connectivity index (χ0n) is 9.96. The van der Waals surface area contributed by atoms with E-state index >= 15 is 0 Å². The van der Waals surface area contributed by atoms with Crippen LogP contribution in [0.3, 0.4) is 0 Å². The molecule has 1 aromatic heterocycles. The van der Waals surface area contributed by atoms with E-state index in [4.69, 9.17) is 10.5 Å². The van der Waals surface area contributed by atoms with Crippen molar-refractivity contribution in [1.29, 1.82) is 0 Å². The summed E-state index contributed by atoms with van der Waals surface area (Å²) in [5.74, 6) is 1.78. The molecule has 90 valence electrons. The van der Waals surface area contributed by atoms with Crippen LogP contribution in [0.4, 0.5) is 5.82 Å². The zero-order valence-corrected chi connectivity index (χ0v) is 12.1. The maximum absolute atomic E-state index is 5.87. The number of nitrogen functional groups attached to an aromatic ring is 1. The number of nitrogens with two attached hydrogens (primary N) is 1. The summed E-state index contributed by atoms with van der Waals surface area (Å²) < 4.78 is 5.98. The molecule has 0 saturated carbocycles. The largest absolute Gasteiger partial charge is 0.385 e. The molecule has 0 atom stereocenters. The fraction of sp³-hybridized carbons (Fsp3) is 0.636. The lowest BCUT2D eigenvalue weighted by Gasteiger charge is -2.11. The van der Waals surface area contributed by atoms with Crippen molar-refractivity contribution in [3.8, 4) is 0 Å². The summed E-state index contributed by atoms with van der Waals surface area (Å²) >= 11 is 2.21. The van der Waals surface area contributed by atoms with Gasteiger partial charge in [0.2, 0.25) is 0 Å². The number of anilines is 1. The van der Waals surface area contributed by atoms with E-state index in [-0.39, 0.29) is 0 Å². The van der Waals surface area contributed by atoms with Crippen molar-refractivity contribution in [2.24, 2.45) is 0 Å². The van der Waals surface area contributed by atoms with Gasteiger partial charge in [0.05, 0.1) is 9.26 Å². The van der Waals surface area contributed by atoms with Gasteiger partial charge in [-0.3, -0.25) is 0 Å². The van der Waals surface area contributed by atoms with Crippen molar-refractivity contribution < 1.29 is 4.74 Å². The molecular formula is C11H18IN3O. The number of aryl methyl sites for hydroxylation is 1. The van der Waals surface area contributed by atoms with Gasteiger partial charge in [-0.1, -0.05) is 13.8 Å². The Morgan fingerprint density at radius 2 is 2.06 bits per heavy atom. The molecule has 0 radical (unpaired) electrons. The maximum atomic E-state index is 5.87. The molecule has 0 aliphatic rings. The van der Waals surface area contributed by atoms with Crippen LogP contribution < -0.4 is 5.73 Å². The zero-order chi connectivity index (χ0) is 12.1. The third-order valence-corrected chi connectivity index (χ3v) is 3.35. The molecule has 4 nitrogen and oxygen atoms in total. The second-order valence-electron chi connectivity index (χ2n) is 3.98. The summed E-state index contributed by atoms with van der Waals surface area (Å²) in [7, 11) is 1.70. The minimum Gasteiger partial charge on any atom is -0.385 e. The number of rotatable bonds is 5. The Kier molecular flexibility index (Phi) is 5.40. The molecule has 0 spiro atoms. The summed E-state index contributed by atoms with van der Waals surface area (Å²) in [6.45, 7) is 4.96. The van der Waals surface area contributed by atoms with Gasteiger partial charge in [-0.2, -0.15) is 0 Å². The van der Waals surface area contributed by atoms with E-state index in [1.165, 1.54) is 0 Å². The lowest BCUT2D eigenvalue weighted by molar-refractivity contribution is 0.194. The molecule has 1 aromatic rings. The second-order valence-corrected chi connectivity index (χ2v) is 5.05. The first-order valence-electron chi connectivity index (χ1n) is 5.37. The molecule has 0 aromatic carbocycles. The van der Waals surface area contributed by atoms with Crippen LogP contribution in [0.1, 0.15) is 37.7 Å². The van der Waals surface area contributed by atoms with Crippen LogP contribution in [-0.2, 0) is 11.2 Å². The summed E-state index contributed by atoms with van der Waals surface area (Å²) in [5, 5.41) is 0. The van der Waals surface area contributed by atoms with Gasteiger partial charge in [-0.15, -0.1) is 0 Å². The lowest BCUT2D eigenvalue weighted by atomic mass is 10.1. The first kappa shape index (κ1) is 13.6. The van der Waals surface area contributed by atoms with E-state index in [1.54, 1.807) is 7.11 Å². The van der Waals surface area contributed by atoms with Crippen molar-refractivity contribution in [2.45, 2.75) is 32.6 Å². The lowest BCUT2D eigenvalue weighted by Crippen LogP contribution is -2.09. The molecular weight excluding hydrogens is 317 g/mol. The van der Waals surface area contributed by atoms with E-state index in [0.29, 0.717) is 11.7 Å². The Morgan fingerprint density at radius 3 is 2.62 bits per heavy atom. The van der Waals surface area contributed by atoms with Gasteiger partial charge in [0.15, 0.2) is 0 Å². The summed E-state index contributed by atoms with van der Waals surface area (Å²) in [5.41, 5.74) is 6.92. The van der Waals surface area contributed by atoms with E-state index in [0.717, 1.165) is 34.5 Å². The molecule has 5 heteroatoms. The third-order valence-electron chi connectivity index (χ3n) is 2.24. The smallest absolute Gasteiger partial charge is 0.140 e. The Labute approximate surface area is 110 Å². The van der Waals surface area contributed by atoms with Crippen molar-refractivity contribution >= 4 is 28.4 Å². The highest BCUT2D eigenvalue weighted by Gasteiger charge is 2.12. The van der Waals surface area contributed by atoms with Crippen LogP contribution in [-0.4, -0.2) is 23.7 Å². The van der Waals surface area contributed by atoms with Crippen LogP contribution in [0.25, 0.3) is 0 Å². The van der Waals surface area contributed by atoms with Crippen molar-refractivity contribution in [3.05, 3.63) is 15.1 Å². The molecule has 0 fully saturated rings. The quantitative estimate of drug-likeness (QED) is 0.663. The SMILES string of the molecule is COCCCc1nc(N)c(I)c(C(C)C)n1. The predicted octanol–water partition coefficient (Wildman–Crippen LogP) is 2.37. The number of nitrogens with zero attached hydrogens (tertiary/aromatic N) is 2. The van der Waals surface area contributed by atoms with Crippen LogP contribution >= 0.6 is 22.6 Å². The Hall–Kier alpha value is -0.430. The van der Waals surface area contributed by atoms with E-state index in [9.17, 15) is 0 Å². The normalized spacial score (nSPS) is 11.1. The summed E-state index contributed by atoms with van der Waals surface area (Å²) in [4.78, 5) is 8.84. The molecule has 1 heterocycles. The highest BCUT2D eigenvalue weighted by atomic mass is 127. The van der Waals surface area contributed by atoms with Crippen molar-refractivity contribution in [1.82, 2.24) is 9.97 Å². The fourth-order valence-electron chi connectivity index (χ4n) is 1.40. The van der Waals surface area contributed by atoms with Gasteiger partial charge in [-0.05, 0) is 34.9 Å². The predicted molar refractivity (Wildman–Crippen MR) is 73.4 cm³/mol. The van der Waals surface area contributed by atoms with Crippen molar-refractivity contribution in [2.75, 3.05) is 19.5 Å². The van der Waals surface area contributed by atoms with Gasteiger partial charge in [0.25, 0.3) is 0 Å². The monoisotopic (exact) mass is 335 g/mol. The molecule has 0 bridgehead atoms. The van der Waals surface area contributed by atoms with Gasteiger partial charge in [0, 0.05) is 20.1 Å². The van der Waals surface area contributed by atoms with Gasteiger partial charge < -0.3 is 10.5 Å². The molecule has 0 amide bonds. The molecule has 0 unspecified atom stereocenters. The topological polar surface area (TPSA) is 61.0 Å². The summed E-state index contributed by atoms with van der Waals surface area (Å²) in [6, 6.07) is 0. The first-order valence-corrected chi connectivity index (χ1v) is 6.44. The fourth-order valence-corrected chi connectivity index (χ4v) is 2.27. The number of hydrogen-bond acceptors (Lipinski definition) is 4. The summed E-state index contributed by atoms with van der Waals surface area (Å²) in [6.07, 6.45) is 1.74. The maximum Gasteiger partial charge on any atom is 0.140 e.